The Bertz CT molecular complexity index is 837. The maximum absolute atomic E-state index is 12.0. The number of aromatic nitrogens is 1. The summed E-state index contributed by atoms with van der Waals surface area (Å²) in [4.78, 5) is 17.0. The molecule has 104 valence electrons. The minimum absolute atomic E-state index is 0.0228. The molecule has 0 spiro atoms. The molecule has 0 saturated carbocycles. The molecule has 0 N–H and O–H groups in total. The van der Waals surface area contributed by atoms with Crippen LogP contribution in [0.3, 0.4) is 0 Å². The smallest absolute Gasteiger partial charge is 0.195 e. The van der Waals surface area contributed by atoms with Crippen LogP contribution in [0.2, 0.25) is 5.15 Å². The summed E-state index contributed by atoms with van der Waals surface area (Å²) in [6.07, 6.45) is 3.26. The normalized spacial score (nSPS) is 11.3. The highest BCUT2D eigenvalue weighted by atomic mass is 35.5. The fraction of sp³-hybridized carbons (Fsp3) is 0.0588. The molecule has 4 heteroatoms. The van der Waals surface area contributed by atoms with Gasteiger partial charge in [-0.25, -0.2) is 4.98 Å². The van der Waals surface area contributed by atoms with Crippen molar-refractivity contribution in [1.82, 2.24) is 4.98 Å². The first kappa shape index (κ1) is 14.0. The van der Waals surface area contributed by atoms with Crippen molar-refractivity contribution in [3.8, 4) is 0 Å². The van der Waals surface area contributed by atoms with Crippen LogP contribution < -0.4 is 0 Å². The molecule has 1 aromatic carbocycles. The average molecular weight is 314 g/mol. The number of rotatable bonds is 3. The van der Waals surface area contributed by atoms with E-state index in [1.807, 2.05) is 36.6 Å². The SMILES string of the molecule is Cc1ccc2nc(Cl)c(C=CC(=O)c3cccs3)cc2c1. The van der Waals surface area contributed by atoms with Crippen LogP contribution in [-0.4, -0.2) is 10.8 Å². The topological polar surface area (TPSA) is 30.0 Å². The van der Waals surface area contributed by atoms with E-state index in [0.29, 0.717) is 10.0 Å². The van der Waals surface area contributed by atoms with Gasteiger partial charge in [-0.15, -0.1) is 11.3 Å². The minimum atomic E-state index is -0.0228. The molecule has 21 heavy (non-hydrogen) atoms. The van der Waals surface area contributed by atoms with Gasteiger partial charge in [0.15, 0.2) is 5.78 Å². The van der Waals surface area contributed by atoms with E-state index in [4.69, 9.17) is 11.6 Å². The molecule has 0 amide bonds. The monoisotopic (exact) mass is 313 g/mol. The van der Waals surface area contributed by atoms with Crippen LogP contribution >= 0.6 is 22.9 Å². The zero-order chi connectivity index (χ0) is 14.8. The van der Waals surface area contributed by atoms with E-state index < -0.39 is 0 Å². The van der Waals surface area contributed by atoms with Crippen molar-refractivity contribution in [3.05, 3.63) is 69.0 Å². The lowest BCUT2D eigenvalue weighted by molar-refractivity contribution is 0.105. The lowest BCUT2D eigenvalue weighted by Crippen LogP contribution is -1.90. The third-order valence-electron chi connectivity index (χ3n) is 3.13. The first-order valence-corrected chi connectivity index (χ1v) is 7.72. The molecule has 0 unspecified atom stereocenters. The van der Waals surface area contributed by atoms with Crippen LogP contribution in [0.5, 0.6) is 0 Å². The van der Waals surface area contributed by atoms with Crippen molar-refractivity contribution in [1.29, 1.82) is 0 Å². The Hall–Kier alpha value is -1.97. The highest BCUT2D eigenvalue weighted by Crippen LogP contribution is 2.23. The Balaban J connectivity index is 1.96. The second kappa shape index (κ2) is 5.80. The number of carbonyl (C=O) groups is 1. The number of aryl methyl sites for hydroxylation is 1. The Morgan fingerprint density at radius 3 is 2.90 bits per heavy atom. The van der Waals surface area contributed by atoms with E-state index in [9.17, 15) is 4.79 Å². The number of ketones is 1. The van der Waals surface area contributed by atoms with Crippen LogP contribution in [0.4, 0.5) is 0 Å². The molecule has 2 nitrogen and oxygen atoms in total. The number of halogens is 1. The quantitative estimate of drug-likeness (QED) is 0.380. The molecule has 0 saturated heterocycles. The number of hydrogen-bond donors (Lipinski definition) is 0. The van der Waals surface area contributed by atoms with Gasteiger partial charge in [0.25, 0.3) is 0 Å². The number of hydrogen-bond acceptors (Lipinski definition) is 3. The molecule has 0 bridgehead atoms. The molecule has 0 fully saturated rings. The molecular weight excluding hydrogens is 302 g/mol. The van der Waals surface area contributed by atoms with Gasteiger partial charge in [0.2, 0.25) is 0 Å². The Kier molecular flexibility index (Phi) is 3.86. The number of benzene rings is 1. The predicted octanol–water partition coefficient (Wildman–Crippen LogP) is 5.15. The van der Waals surface area contributed by atoms with Gasteiger partial charge < -0.3 is 0 Å². The van der Waals surface area contributed by atoms with E-state index in [1.165, 1.54) is 17.4 Å². The van der Waals surface area contributed by atoms with Crippen molar-refractivity contribution in [2.24, 2.45) is 0 Å². The molecule has 2 heterocycles. The zero-order valence-electron chi connectivity index (χ0n) is 11.3. The maximum Gasteiger partial charge on any atom is 0.195 e. The van der Waals surface area contributed by atoms with E-state index in [-0.39, 0.29) is 5.78 Å². The number of pyridine rings is 1. The van der Waals surface area contributed by atoms with Crippen molar-refractivity contribution >= 4 is 45.7 Å². The van der Waals surface area contributed by atoms with E-state index in [2.05, 4.69) is 11.1 Å². The van der Waals surface area contributed by atoms with Gasteiger partial charge in [0, 0.05) is 10.9 Å². The van der Waals surface area contributed by atoms with Crippen molar-refractivity contribution in [2.75, 3.05) is 0 Å². The van der Waals surface area contributed by atoms with E-state index >= 15 is 0 Å². The number of carbonyl (C=O) groups excluding carboxylic acids is 1. The van der Waals surface area contributed by atoms with Gasteiger partial charge in [0.1, 0.15) is 5.15 Å². The summed E-state index contributed by atoms with van der Waals surface area (Å²) in [5, 5.41) is 3.30. The van der Waals surface area contributed by atoms with E-state index in [1.54, 1.807) is 12.1 Å². The average Bonchev–Trinajstić information content (AvgIpc) is 2.99. The third kappa shape index (κ3) is 3.04. The standard InChI is InChI=1S/C17H12ClNOS/c1-11-4-6-14-13(9-11)10-12(17(18)19-14)5-7-15(20)16-3-2-8-21-16/h2-10H,1H3. The molecule has 0 atom stereocenters. The predicted molar refractivity (Wildman–Crippen MR) is 89.2 cm³/mol. The van der Waals surface area contributed by atoms with Gasteiger partial charge in [-0.1, -0.05) is 29.3 Å². The maximum atomic E-state index is 12.0. The van der Waals surface area contributed by atoms with Gasteiger partial charge in [0.05, 0.1) is 10.4 Å². The summed E-state index contributed by atoms with van der Waals surface area (Å²) in [5.74, 6) is -0.0228. The number of nitrogens with zero attached hydrogens (tertiary/aromatic N) is 1. The third-order valence-corrected chi connectivity index (χ3v) is 4.32. The molecule has 0 aliphatic rings. The van der Waals surface area contributed by atoms with Gasteiger partial charge in [-0.3, -0.25) is 4.79 Å². The van der Waals surface area contributed by atoms with Crippen molar-refractivity contribution in [2.45, 2.75) is 6.92 Å². The van der Waals surface area contributed by atoms with Crippen LogP contribution in [0.15, 0.2) is 47.9 Å². The van der Waals surface area contributed by atoms with Crippen LogP contribution in [0, 0.1) is 6.92 Å². The summed E-state index contributed by atoms with van der Waals surface area (Å²) in [6.45, 7) is 2.03. The summed E-state index contributed by atoms with van der Waals surface area (Å²) >= 11 is 7.61. The van der Waals surface area contributed by atoms with Crippen LogP contribution in [0.1, 0.15) is 20.8 Å². The number of fused-ring (bicyclic) bond motifs is 1. The van der Waals surface area contributed by atoms with Gasteiger partial charge in [-0.05, 0) is 48.7 Å². The summed E-state index contributed by atoms with van der Waals surface area (Å²) in [6, 6.07) is 11.6. The second-order valence-corrected chi connectivity index (χ2v) is 6.05. The Morgan fingerprint density at radius 2 is 2.14 bits per heavy atom. The molecule has 0 aliphatic carbocycles. The zero-order valence-corrected chi connectivity index (χ0v) is 12.9. The van der Waals surface area contributed by atoms with E-state index in [0.717, 1.165) is 22.0 Å². The fourth-order valence-corrected chi connectivity index (χ4v) is 2.93. The summed E-state index contributed by atoms with van der Waals surface area (Å²) in [7, 11) is 0. The van der Waals surface area contributed by atoms with Crippen molar-refractivity contribution in [3.63, 3.8) is 0 Å². The van der Waals surface area contributed by atoms with Gasteiger partial charge >= 0.3 is 0 Å². The minimum Gasteiger partial charge on any atom is -0.288 e. The molecule has 3 aromatic rings. The largest absolute Gasteiger partial charge is 0.288 e. The molecular formula is C17H12ClNOS. The lowest BCUT2D eigenvalue weighted by atomic mass is 10.1. The van der Waals surface area contributed by atoms with Crippen LogP contribution in [0.25, 0.3) is 17.0 Å². The number of allylic oxidation sites excluding steroid dienone is 1. The fourth-order valence-electron chi connectivity index (χ4n) is 2.07. The first-order valence-electron chi connectivity index (χ1n) is 6.46. The first-order chi connectivity index (χ1) is 10.1. The molecule has 0 aliphatic heterocycles. The molecule has 0 radical (unpaired) electrons. The van der Waals surface area contributed by atoms with Crippen molar-refractivity contribution < 1.29 is 4.79 Å². The lowest BCUT2D eigenvalue weighted by Gasteiger charge is -2.03. The molecule has 3 rings (SSSR count). The van der Waals surface area contributed by atoms with Gasteiger partial charge in [-0.2, -0.15) is 0 Å². The molecule has 2 aromatic heterocycles. The highest BCUT2D eigenvalue weighted by Gasteiger charge is 2.05. The summed E-state index contributed by atoms with van der Waals surface area (Å²) in [5.41, 5.74) is 2.77. The highest BCUT2D eigenvalue weighted by molar-refractivity contribution is 7.12. The Labute approximate surface area is 131 Å². The Morgan fingerprint density at radius 1 is 1.29 bits per heavy atom. The number of thiophene rings is 1. The second-order valence-electron chi connectivity index (χ2n) is 4.74. The van der Waals surface area contributed by atoms with Crippen LogP contribution in [-0.2, 0) is 0 Å². The summed E-state index contributed by atoms with van der Waals surface area (Å²) < 4.78 is 0.